The van der Waals surface area contributed by atoms with Crippen molar-refractivity contribution in [3.05, 3.63) is 0 Å². The molecule has 0 spiro atoms. The Bertz CT molecular complexity index is 333. The lowest BCUT2D eigenvalue weighted by atomic mass is 9.91. The third kappa shape index (κ3) is 5.92. The van der Waals surface area contributed by atoms with Crippen LogP contribution in [0.25, 0.3) is 0 Å². The first-order valence-electron chi connectivity index (χ1n) is 8.05. The van der Waals surface area contributed by atoms with E-state index in [4.69, 9.17) is 13.7 Å². The van der Waals surface area contributed by atoms with Crippen molar-refractivity contribution in [1.29, 1.82) is 0 Å². The highest BCUT2D eigenvalue weighted by atomic mass is 32.1. The Morgan fingerprint density at radius 3 is 2.32 bits per heavy atom. The van der Waals surface area contributed by atoms with Crippen molar-refractivity contribution in [2.24, 2.45) is 0 Å². The normalized spacial score (nSPS) is 28.1. The van der Waals surface area contributed by atoms with Crippen molar-refractivity contribution < 1.29 is 22.4 Å². The molecule has 0 atom stereocenters. The summed E-state index contributed by atoms with van der Waals surface area (Å²) in [6.45, 7) is 4.10. The molecule has 130 valence electrons. The van der Waals surface area contributed by atoms with E-state index in [0.717, 1.165) is 25.7 Å². The number of hydrogen-bond donors (Lipinski definition) is 1. The van der Waals surface area contributed by atoms with E-state index < -0.39 is 12.5 Å². The Balaban J connectivity index is 1.62. The number of ether oxygens (including phenoxy) is 2. The number of thiol groups is 1. The minimum atomic E-state index is -2.79. The molecule has 0 aromatic heterocycles. The number of nitrogens with zero attached hydrogens (tertiary/aromatic N) is 1. The molecule has 0 bridgehead atoms. The predicted molar refractivity (Wildman–Crippen MR) is 83.5 cm³/mol. The average Bonchev–Trinajstić information content (AvgIpc) is 2.42. The largest absolute Gasteiger partial charge is 0.375 e. The van der Waals surface area contributed by atoms with Gasteiger partial charge in [-0.3, -0.25) is 4.90 Å². The zero-order valence-electron chi connectivity index (χ0n) is 13.3. The molecule has 1 aliphatic heterocycles. The molecule has 2 rings (SSSR count). The molecule has 7 heteroatoms. The van der Waals surface area contributed by atoms with Crippen LogP contribution < -0.4 is 0 Å². The first-order chi connectivity index (χ1) is 10.4. The molecule has 1 aliphatic carbocycles. The molecule has 0 radical (unpaired) electrons. The second-order valence-electron chi connectivity index (χ2n) is 6.65. The van der Waals surface area contributed by atoms with E-state index >= 15 is 0 Å². The van der Waals surface area contributed by atoms with E-state index in [2.05, 4.69) is 12.9 Å². The Morgan fingerprint density at radius 1 is 1.14 bits per heavy atom. The van der Waals surface area contributed by atoms with Crippen molar-refractivity contribution in [1.82, 2.24) is 4.90 Å². The van der Waals surface area contributed by atoms with Gasteiger partial charge in [0.1, 0.15) is 6.61 Å². The Labute approximate surface area is 137 Å². The fourth-order valence-corrected chi connectivity index (χ4v) is 3.02. The smallest absolute Gasteiger partial charge is 0.283 e. The molecule has 0 aromatic rings. The predicted octanol–water partition coefficient (Wildman–Crippen LogP) is 2.92. The van der Waals surface area contributed by atoms with Crippen molar-refractivity contribution in [2.45, 2.75) is 69.9 Å². The monoisotopic (exact) mass is 339 g/mol. The summed E-state index contributed by atoms with van der Waals surface area (Å²) in [5.74, 6) is -2.79. The molecule has 4 nitrogen and oxygen atoms in total. The van der Waals surface area contributed by atoms with E-state index in [1.54, 1.807) is 13.8 Å². The quantitative estimate of drug-likeness (QED) is 0.544. The molecule has 0 amide bonds. The van der Waals surface area contributed by atoms with Gasteiger partial charge in [0, 0.05) is 25.9 Å². The molecule has 0 aromatic carbocycles. The van der Waals surface area contributed by atoms with Gasteiger partial charge in [-0.25, -0.2) is 8.78 Å². The molecule has 0 unspecified atom stereocenters. The summed E-state index contributed by atoms with van der Waals surface area (Å²) in [6.07, 6.45) is 3.85. The zero-order chi connectivity index (χ0) is 16.2. The van der Waals surface area contributed by atoms with Crippen molar-refractivity contribution in [3.8, 4) is 0 Å². The fourth-order valence-electron chi connectivity index (χ4n) is 2.85. The number of alkyl halides is 2. The van der Waals surface area contributed by atoms with Gasteiger partial charge in [-0.05, 0) is 39.6 Å². The van der Waals surface area contributed by atoms with Gasteiger partial charge in [0.2, 0.25) is 0 Å². The topological polar surface area (TPSA) is 30.9 Å². The van der Waals surface area contributed by atoms with Crippen LogP contribution in [0, 0.1) is 0 Å². The lowest BCUT2D eigenvalue weighted by Gasteiger charge is -2.39. The van der Waals surface area contributed by atoms with Gasteiger partial charge in [-0.1, -0.05) is 0 Å². The highest BCUT2D eigenvalue weighted by molar-refractivity contribution is 7.75. The maximum atomic E-state index is 13.8. The molecule has 22 heavy (non-hydrogen) atoms. The van der Waals surface area contributed by atoms with Crippen LogP contribution in [-0.4, -0.2) is 61.5 Å². The molecule has 2 fully saturated rings. The minimum absolute atomic E-state index is 0.169. The Hall–Kier alpha value is 0.0500. The van der Waals surface area contributed by atoms with Crippen LogP contribution in [-0.2, 0) is 13.7 Å². The number of rotatable bonds is 8. The summed E-state index contributed by atoms with van der Waals surface area (Å²) >= 11 is 3.79. The van der Waals surface area contributed by atoms with E-state index in [0.29, 0.717) is 13.1 Å². The van der Waals surface area contributed by atoms with Gasteiger partial charge >= 0.3 is 0 Å². The van der Waals surface area contributed by atoms with Crippen LogP contribution in [0.5, 0.6) is 0 Å². The summed E-state index contributed by atoms with van der Waals surface area (Å²) in [4.78, 5) is 1.81. The molecular weight excluding hydrogens is 312 g/mol. The molecule has 1 saturated carbocycles. The highest BCUT2D eigenvalue weighted by Gasteiger charge is 2.36. The van der Waals surface area contributed by atoms with Crippen LogP contribution in [0.15, 0.2) is 0 Å². The van der Waals surface area contributed by atoms with Gasteiger partial charge in [0.25, 0.3) is 5.92 Å². The van der Waals surface area contributed by atoms with Crippen LogP contribution in [0.4, 0.5) is 8.78 Å². The van der Waals surface area contributed by atoms with Crippen molar-refractivity contribution >= 4 is 12.9 Å². The lowest BCUT2D eigenvalue weighted by Crippen LogP contribution is -2.47. The lowest BCUT2D eigenvalue weighted by molar-refractivity contribution is -0.127. The van der Waals surface area contributed by atoms with E-state index in [-0.39, 0.29) is 31.0 Å². The Morgan fingerprint density at radius 2 is 1.77 bits per heavy atom. The first-order valence-corrected chi connectivity index (χ1v) is 8.42. The highest BCUT2D eigenvalue weighted by Crippen LogP contribution is 2.30. The second kappa shape index (κ2) is 8.24. The maximum Gasteiger partial charge on any atom is 0.283 e. The van der Waals surface area contributed by atoms with Crippen LogP contribution in [0.2, 0.25) is 0 Å². The van der Waals surface area contributed by atoms with Crippen molar-refractivity contribution in [3.63, 3.8) is 0 Å². The molecule has 0 N–H and O–H groups in total. The summed E-state index contributed by atoms with van der Waals surface area (Å²) in [6, 6.07) is 0. The van der Waals surface area contributed by atoms with Gasteiger partial charge in [0.05, 0.1) is 31.0 Å². The summed E-state index contributed by atoms with van der Waals surface area (Å²) in [5, 5.41) is 0. The Kier molecular flexibility index (Phi) is 6.89. The number of halogens is 2. The first kappa shape index (κ1) is 18.4. The van der Waals surface area contributed by atoms with Gasteiger partial charge < -0.3 is 13.7 Å². The van der Waals surface area contributed by atoms with Gasteiger partial charge in [-0.15, -0.1) is 0 Å². The number of piperidine rings is 1. The van der Waals surface area contributed by atoms with E-state index in [1.807, 2.05) is 4.90 Å². The van der Waals surface area contributed by atoms with Crippen LogP contribution in [0.1, 0.15) is 39.5 Å². The minimum Gasteiger partial charge on any atom is -0.375 e. The van der Waals surface area contributed by atoms with Gasteiger partial charge in [0.15, 0.2) is 0 Å². The third-order valence-electron chi connectivity index (χ3n) is 4.20. The van der Waals surface area contributed by atoms with Crippen LogP contribution in [0.3, 0.4) is 0 Å². The molecule has 1 saturated heterocycles. The van der Waals surface area contributed by atoms with Crippen LogP contribution >= 0.6 is 12.9 Å². The molecule has 1 heterocycles. The number of likely N-dealkylation sites (tertiary alicyclic amines) is 1. The number of hydrogen-bond acceptors (Lipinski definition) is 5. The summed E-state index contributed by atoms with van der Waals surface area (Å²) in [5.41, 5.74) is 0. The second-order valence-corrected chi connectivity index (χ2v) is 6.86. The standard InChI is InChI=1S/C15H27F2NO3S/c1-11(2)19-10-15(16,17)9-18-5-3-12(4-6-18)20-13-7-14(8-13)21-22/h11-14,22H,3-10H2,1-2H3/t13-,14-. The maximum absolute atomic E-state index is 13.8. The fraction of sp³-hybridized carbons (Fsp3) is 1.00. The molecule has 2 aliphatic rings. The third-order valence-corrected chi connectivity index (χ3v) is 4.50. The average molecular weight is 339 g/mol. The SMILES string of the molecule is CC(C)OCC(F)(F)CN1CCC(O[C@H]2C[C@H](OS)C2)CC1. The summed E-state index contributed by atoms with van der Waals surface area (Å²) < 4.78 is 43.5. The molecular formula is C15H27F2NO3S. The van der Waals surface area contributed by atoms with Crippen molar-refractivity contribution in [2.75, 3.05) is 26.2 Å². The van der Waals surface area contributed by atoms with Gasteiger partial charge in [-0.2, -0.15) is 0 Å². The van der Waals surface area contributed by atoms with E-state index in [9.17, 15) is 8.78 Å². The summed E-state index contributed by atoms with van der Waals surface area (Å²) in [7, 11) is 0. The van der Waals surface area contributed by atoms with E-state index in [1.165, 1.54) is 0 Å². The zero-order valence-corrected chi connectivity index (χ0v) is 14.2.